The second-order valence-corrected chi connectivity index (χ2v) is 7.14. The van der Waals surface area contributed by atoms with Crippen molar-refractivity contribution >= 4 is 17.4 Å². The number of amides is 1. The van der Waals surface area contributed by atoms with Crippen LogP contribution in [0.5, 0.6) is 5.75 Å². The minimum atomic E-state index is -0.302. The van der Waals surface area contributed by atoms with Gasteiger partial charge in [0.2, 0.25) is 5.91 Å². The Morgan fingerprint density at radius 3 is 2.45 bits per heavy atom. The molecule has 3 aromatic rings. The van der Waals surface area contributed by atoms with Gasteiger partial charge in [0.25, 0.3) is 0 Å². The molecule has 0 fully saturated rings. The summed E-state index contributed by atoms with van der Waals surface area (Å²) < 4.78 is 5.44. The molecule has 0 aliphatic heterocycles. The van der Waals surface area contributed by atoms with E-state index in [0.717, 1.165) is 41.3 Å². The van der Waals surface area contributed by atoms with Gasteiger partial charge in [0.05, 0.1) is 12.8 Å². The van der Waals surface area contributed by atoms with Crippen molar-refractivity contribution in [1.29, 1.82) is 0 Å². The summed E-state index contributed by atoms with van der Waals surface area (Å²) in [6.07, 6.45) is 1.82. The zero-order valence-corrected chi connectivity index (χ0v) is 18.2. The van der Waals surface area contributed by atoms with E-state index >= 15 is 0 Å². The molecule has 0 aliphatic carbocycles. The van der Waals surface area contributed by atoms with Gasteiger partial charge < -0.3 is 15.8 Å². The van der Waals surface area contributed by atoms with Crippen molar-refractivity contribution in [2.24, 2.45) is 5.73 Å². The van der Waals surface area contributed by atoms with Crippen LogP contribution in [0.1, 0.15) is 31.9 Å². The summed E-state index contributed by atoms with van der Waals surface area (Å²) in [5.74, 6) is 1.14. The number of nitrogens with zero attached hydrogens (tertiary/aromatic N) is 3. The Bertz CT molecular complexity index is 1000. The van der Waals surface area contributed by atoms with Crippen LogP contribution < -0.4 is 15.8 Å². The van der Waals surface area contributed by atoms with Gasteiger partial charge in [-0.05, 0) is 42.9 Å². The van der Waals surface area contributed by atoms with Crippen LogP contribution in [0.15, 0.2) is 60.9 Å². The van der Waals surface area contributed by atoms with Gasteiger partial charge in [0, 0.05) is 29.8 Å². The van der Waals surface area contributed by atoms with Crippen molar-refractivity contribution in [2.45, 2.75) is 26.3 Å². The molecular formula is C24H29N5O2. The Hall–Kier alpha value is -3.45. The first-order chi connectivity index (χ1) is 15.0. The molecule has 1 heterocycles. The number of carbonyl (C=O) groups excluding carboxylic acids is 1. The average Bonchev–Trinajstić information content (AvgIpc) is 2.79. The molecule has 0 aliphatic rings. The highest BCUT2D eigenvalue weighted by Crippen LogP contribution is 2.30. The molecule has 1 amide bonds. The molecule has 0 radical (unpaired) electrons. The molecule has 2 aromatic carbocycles. The zero-order valence-electron chi connectivity index (χ0n) is 18.2. The normalized spacial score (nSPS) is 11.9. The van der Waals surface area contributed by atoms with Gasteiger partial charge in [-0.1, -0.05) is 38.1 Å². The summed E-state index contributed by atoms with van der Waals surface area (Å²) in [6, 6.07) is 17.6. The van der Waals surface area contributed by atoms with Crippen molar-refractivity contribution in [3.05, 3.63) is 66.5 Å². The number of methoxy groups -OCH3 is 1. The number of benzene rings is 2. The summed E-state index contributed by atoms with van der Waals surface area (Å²) in [7, 11) is 1.64. The third-order valence-electron chi connectivity index (χ3n) is 5.27. The van der Waals surface area contributed by atoms with Crippen LogP contribution in [-0.2, 0) is 4.79 Å². The Labute approximate surface area is 183 Å². The van der Waals surface area contributed by atoms with Crippen LogP contribution >= 0.6 is 0 Å². The Kier molecular flexibility index (Phi) is 7.56. The predicted molar refractivity (Wildman–Crippen MR) is 123 cm³/mol. The molecule has 1 aromatic heterocycles. The number of hydrogen-bond acceptors (Lipinski definition) is 6. The van der Waals surface area contributed by atoms with E-state index in [9.17, 15) is 4.79 Å². The zero-order chi connectivity index (χ0) is 22.2. The smallest absolute Gasteiger partial charge is 0.219 e. The first kappa shape index (κ1) is 22.2. The van der Waals surface area contributed by atoms with Gasteiger partial charge in [0.15, 0.2) is 0 Å². The highest BCUT2D eigenvalue weighted by Gasteiger charge is 2.20. The number of rotatable bonds is 10. The molecule has 0 spiro atoms. The highest BCUT2D eigenvalue weighted by atomic mass is 16.5. The minimum Gasteiger partial charge on any atom is -0.496 e. The lowest BCUT2D eigenvalue weighted by molar-refractivity contribution is -0.119. The summed E-state index contributed by atoms with van der Waals surface area (Å²) in [5.41, 5.74) is 9.12. The molecule has 7 nitrogen and oxygen atoms in total. The van der Waals surface area contributed by atoms with E-state index in [2.05, 4.69) is 34.0 Å². The SMILES string of the molecule is CCN(CC)C(CC(N)=O)c1ccc(Nc2cc(-c3ccccc3OC)ncn2)cc1. The van der Waals surface area contributed by atoms with Crippen LogP contribution in [0.3, 0.4) is 0 Å². The molecule has 31 heavy (non-hydrogen) atoms. The van der Waals surface area contributed by atoms with Gasteiger partial charge in [0.1, 0.15) is 17.9 Å². The first-order valence-corrected chi connectivity index (χ1v) is 10.4. The summed E-state index contributed by atoms with van der Waals surface area (Å²) >= 11 is 0. The van der Waals surface area contributed by atoms with E-state index in [1.54, 1.807) is 7.11 Å². The molecule has 162 valence electrons. The van der Waals surface area contributed by atoms with Crippen molar-refractivity contribution < 1.29 is 9.53 Å². The molecule has 3 rings (SSSR count). The van der Waals surface area contributed by atoms with E-state index in [1.807, 2.05) is 54.6 Å². The Morgan fingerprint density at radius 2 is 1.81 bits per heavy atom. The van der Waals surface area contributed by atoms with Gasteiger partial charge in [-0.15, -0.1) is 0 Å². The third kappa shape index (κ3) is 5.58. The Balaban J connectivity index is 1.80. The van der Waals surface area contributed by atoms with Gasteiger partial charge in [-0.3, -0.25) is 9.69 Å². The minimum absolute atomic E-state index is 0.0299. The van der Waals surface area contributed by atoms with Crippen LogP contribution in [0.2, 0.25) is 0 Å². The number of anilines is 2. The van der Waals surface area contributed by atoms with E-state index in [1.165, 1.54) is 6.33 Å². The lowest BCUT2D eigenvalue weighted by atomic mass is 10.0. The van der Waals surface area contributed by atoms with Crippen LogP contribution in [0.4, 0.5) is 11.5 Å². The van der Waals surface area contributed by atoms with Crippen LogP contribution in [-0.4, -0.2) is 41.0 Å². The number of nitrogens with two attached hydrogens (primary N) is 1. The maximum absolute atomic E-state index is 11.6. The number of hydrogen-bond donors (Lipinski definition) is 2. The van der Waals surface area contributed by atoms with Gasteiger partial charge in [-0.2, -0.15) is 0 Å². The monoisotopic (exact) mass is 419 g/mol. The molecule has 1 unspecified atom stereocenters. The second-order valence-electron chi connectivity index (χ2n) is 7.14. The van der Waals surface area contributed by atoms with Crippen molar-refractivity contribution in [1.82, 2.24) is 14.9 Å². The summed E-state index contributed by atoms with van der Waals surface area (Å²) in [4.78, 5) is 22.5. The molecule has 1 atom stereocenters. The number of aromatic nitrogens is 2. The van der Waals surface area contributed by atoms with E-state index < -0.39 is 0 Å². The molecular weight excluding hydrogens is 390 g/mol. The maximum atomic E-state index is 11.6. The predicted octanol–water partition coefficient (Wildman–Crippen LogP) is 4.15. The van der Waals surface area contributed by atoms with Crippen LogP contribution in [0, 0.1) is 0 Å². The van der Waals surface area contributed by atoms with E-state index in [-0.39, 0.29) is 11.9 Å². The summed E-state index contributed by atoms with van der Waals surface area (Å²) in [5, 5.41) is 3.32. The standard InChI is InChI=1S/C24H29N5O2/c1-4-29(5-2)21(15-23(25)30)17-10-12-18(13-11-17)28-24-14-20(26-16-27-24)19-8-6-7-9-22(19)31-3/h6-14,16,21H,4-5,15H2,1-3H3,(H2,25,30)(H,26,27,28). The lowest BCUT2D eigenvalue weighted by Crippen LogP contribution is -2.31. The van der Waals surface area contributed by atoms with E-state index in [0.29, 0.717) is 12.2 Å². The summed E-state index contributed by atoms with van der Waals surface area (Å²) in [6.45, 7) is 5.87. The van der Waals surface area contributed by atoms with E-state index in [4.69, 9.17) is 10.5 Å². The first-order valence-electron chi connectivity index (χ1n) is 10.4. The van der Waals surface area contributed by atoms with Crippen molar-refractivity contribution in [3.63, 3.8) is 0 Å². The molecule has 7 heteroatoms. The number of primary amides is 1. The Morgan fingerprint density at radius 1 is 1.10 bits per heavy atom. The topological polar surface area (TPSA) is 93.4 Å². The molecule has 0 saturated carbocycles. The van der Waals surface area contributed by atoms with Crippen molar-refractivity contribution in [3.8, 4) is 17.0 Å². The van der Waals surface area contributed by atoms with Gasteiger partial charge in [-0.25, -0.2) is 9.97 Å². The van der Waals surface area contributed by atoms with Crippen LogP contribution in [0.25, 0.3) is 11.3 Å². The number of nitrogens with one attached hydrogen (secondary N) is 1. The molecule has 3 N–H and O–H groups in total. The fourth-order valence-corrected chi connectivity index (χ4v) is 3.68. The fraction of sp³-hybridized carbons (Fsp3) is 0.292. The second kappa shape index (κ2) is 10.5. The highest BCUT2D eigenvalue weighted by molar-refractivity contribution is 5.75. The lowest BCUT2D eigenvalue weighted by Gasteiger charge is -2.29. The quantitative estimate of drug-likeness (QED) is 0.513. The maximum Gasteiger partial charge on any atom is 0.219 e. The average molecular weight is 420 g/mol. The van der Waals surface area contributed by atoms with Crippen molar-refractivity contribution in [2.75, 3.05) is 25.5 Å². The largest absolute Gasteiger partial charge is 0.496 e. The molecule has 0 bridgehead atoms. The fourth-order valence-electron chi connectivity index (χ4n) is 3.68. The van der Waals surface area contributed by atoms with Gasteiger partial charge >= 0.3 is 0 Å². The molecule has 0 saturated heterocycles. The number of para-hydroxylation sites is 1. The number of carbonyl (C=O) groups is 1. The third-order valence-corrected chi connectivity index (χ3v) is 5.27. The number of ether oxygens (including phenoxy) is 1.